The molecule has 0 saturated heterocycles. The topological polar surface area (TPSA) is 81.2 Å². The number of carbonyl (C=O) groups excluding carboxylic acids is 1. The van der Waals surface area contributed by atoms with E-state index in [2.05, 4.69) is 10.3 Å². The van der Waals surface area contributed by atoms with Crippen molar-refractivity contribution >= 4 is 17.6 Å². The standard InChI is InChI=1S/C12H12FN3O2/c1-6-5-18-12(15-6)16-11(17)8-3-9(13)7(2)10(14)4-8/h3-5H,14H2,1-2H3,(H,15,16,17). The summed E-state index contributed by atoms with van der Waals surface area (Å²) in [5.41, 5.74) is 6.90. The van der Waals surface area contributed by atoms with E-state index in [0.29, 0.717) is 11.3 Å². The van der Waals surface area contributed by atoms with Crippen molar-refractivity contribution in [3.63, 3.8) is 0 Å². The molecular formula is C12H12FN3O2. The van der Waals surface area contributed by atoms with E-state index in [9.17, 15) is 9.18 Å². The van der Waals surface area contributed by atoms with Gasteiger partial charge in [-0.25, -0.2) is 4.39 Å². The third kappa shape index (κ3) is 2.32. The first-order valence-electron chi connectivity index (χ1n) is 5.26. The number of hydrogen-bond donors (Lipinski definition) is 2. The lowest BCUT2D eigenvalue weighted by molar-refractivity contribution is 0.102. The van der Waals surface area contributed by atoms with E-state index in [1.807, 2.05) is 0 Å². The highest BCUT2D eigenvalue weighted by Crippen LogP contribution is 2.18. The molecule has 6 heteroatoms. The molecule has 1 aromatic heterocycles. The second-order valence-corrected chi connectivity index (χ2v) is 3.92. The Balaban J connectivity index is 2.24. The zero-order valence-electron chi connectivity index (χ0n) is 9.95. The van der Waals surface area contributed by atoms with Crippen LogP contribution in [-0.2, 0) is 0 Å². The molecule has 5 nitrogen and oxygen atoms in total. The first-order chi connectivity index (χ1) is 8.47. The van der Waals surface area contributed by atoms with E-state index in [1.54, 1.807) is 13.8 Å². The minimum Gasteiger partial charge on any atom is -0.432 e. The Labute approximate surface area is 103 Å². The van der Waals surface area contributed by atoms with E-state index in [1.165, 1.54) is 12.3 Å². The average Bonchev–Trinajstić information content (AvgIpc) is 2.71. The second kappa shape index (κ2) is 4.48. The molecule has 0 aliphatic carbocycles. The Kier molecular flexibility index (Phi) is 3.01. The second-order valence-electron chi connectivity index (χ2n) is 3.92. The molecule has 0 fully saturated rings. The van der Waals surface area contributed by atoms with Crippen LogP contribution < -0.4 is 11.1 Å². The SMILES string of the molecule is Cc1coc(NC(=O)c2cc(N)c(C)c(F)c2)n1. The van der Waals surface area contributed by atoms with Gasteiger partial charge in [-0.15, -0.1) is 0 Å². The van der Waals surface area contributed by atoms with Gasteiger partial charge in [-0.3, -0.25) is 10.1 Å². The third-order valence-corrected chi connectivity index (χ3v) is 2.49. The van der Waals surface area contributed by atoms with Gasteiger partial charge in [0.15, 0.2) is 0 Å². The summed E-state index contributed by atoms with van der Waals surface area (Å²) in [6.07, 6.45) is 1.40. The van der Waals surface area contributed by atoms with E-state index < -0.39 is 11.7 Å². The summed E-state index contributed by atoms with van der Waals surface area (Å²) < 4.78 is 18.4. The number of nitrogens with zero attached hydrogens (tertiary/aromatic N) is 1. The Morgan fingerprint density at radius 2 is 2.17 bits per heavy atom. The lowest BCUT2D eigenvalue weighted by atomic mass is 10.1. The highest BCUT2D eigenvalue weighted by molar-refractivity contribution is 6.03. The van der Waals surface area contributed by atoms with Crippen LogP contribution in [0.1, 0.15) is 21.6 Å². The zero-order chi connectivity index (χ0) is 13.3. The highest BCUT2D eigenvalue weighted by atomic mass is 19.1. The fourth-order valence-corrected chi connectivity index (χ4v) is 1.41. The number of oxazole rings is 1. The quantitative estimate of drug-likeness (QED) is 0.800. The third-order valence-electron chi connectivity index (χ3n) is 2.49. The van der Waals surface area contributed by atoms with Crippen molar-refractivity contribution in [2.45, 2.75) is 13.8 Å². The van der Waals surface area contributed by atoms with Crippen molar-refractivity contribution in [2.24, 2.45) is 0 Å². The molecule has 1 amide bonds. The van der Waals surface area contributed by atoms with Gasteiger partial charge in [0, 0.05) is 16.8 Å². The summed E-state index contributed by atoms with van der Waals surface area (Å²) in [5.74, 6) is -1.05. The number of aromatic nitrogens is 1. The van der Waals surface area contributed by atoms with Crippen molar-refractivity contribution in [3.8, 4) is 0 Å². The summed E-state index contributed by atoms with van der Waals surface area (Å²) >= 11 is 0. The molecule has 3 N–H and O–H groups in total. The number of amides is 1. The van der Waals surface area contributed by atoms with Crippen LogP contribution in [0.25, 0.3) is 0 Å². The molecule has 0 bridgehead atoms. The van der Waals surface area contributed by atoms with Gasteiger partial charge in [-0.2, -0.15) is 4.98 Å². The van der Waals surface area contributed by atoms with Gasteiger partial charge in [-0.1, -0.05) is 0 Å². The predicted octanol–water partition coefficient (Wildman–Crippen LogP) is 2.27. The van der Waals surface area contributed by atoms with Crippen molar-refractivity contribution < 1.29 is 13.6 Å². The maximum absolute atomic E-state index is 13.4. The fourth-order valence-electron chi connectivity index (χ4n) is 1.41. The van der Waals surface area contributed by atoms with Gasteiger partial charge >= 0.3 is 6.01 Å². The average molecular weight is 249 g/mol. The largest absolute Gasteiger partial charge is 0.432 e. The van der Waals surface area contributed by atoms with Crippen molar-refractivity contribution in [1.29, 1.82) is 0 Å². The number of hydrogen-bond acceptors (Lipinski definition) is 4. The molecule has 1 aromatic carbocycles. The number of benzene rings is 1. The van der Waals surface area contributed by atoms with E-state index in [4.69, 9.17) is 10.2 Å². The first-order valence-corrected chi connectivity index (χ1v) is 5.26. The van der Waals surface area contributed by atoms with Gasteiger partial charge in [0.25, 0.3) is 5.91 Å². The van der Waals surface area contributed by atoms with Crippen LogP contribution in [0.15, 0.2) is 22.8 Å². The summed E-state index contributed by atoms with van der Waals surface area (Å²) in [5, 5.41) is 2.41. The number of halogens is 1. The van der Waals surface area contributed by atoms with E-state index in [-0.39, 0.29) is 17.3 Å². The number of anilines is 2. The molecule has 1 heterocycles. The Morgan fingerprint density at radius 3 is 2.72 bits per heavy atom. The number of rotatable bonds is 2. The monoisotopic (exact) mass is 249 g/mol. The molecule has 0 spiro atoms. The van der Waals surface area contributed by atoms with Crippen molar-refractivity contribution in [2.75, 3.05) is 11.1 Å². The van der Waals surface area contributed by atoms with Gasteiger partial charge < -0.3 is 10.2 Å². The molecule has 0 saturated carbocycles. The molecule has 94 valence electrons. The Hall–Kier alpha value is -2.37. The molecule has 2 aromatic rings. The van der Waals surface area contributed by atoms with Crippen LogP contribution in [-0.4, -0.2) is 10.9 Å². The van der Waals surface area contributed by atoms with Gasteiger partial charge in [0.2, 0.25) is 0 Å². The van der Waals surface area contributed by atoms with Crippen molar-refractivity contribution in [3.05, 3.63) is 41.0 Å². The Morgan fingerprint density at radius 1 is 1.44 bits per heavy atom. The van der Waals surface area contributed by atoms with Crippen LogP contribution in [0.5, 0.6) is 0 Å². The van der Waals surface area contributed by atoms with Crippen LogP contribution in [0, 0.1) is 19.7 Å². The van der Waals surface area contributed by atoms with Crippen LogP contribution >= 0.6 is 0 Å². The van der Waals surface area contributed by atoms with E-state index in [0.717, 1.165) is 6.07 Å². The van der Waals surface area contributed by atoms with Gasteiger partial charge in [0.1, 0.15) is 12.1 Å². The molecule has 0 radical (unpaired) electrons. The van der Waals surface area contributed by atoms with Gasteiger partial charge in [-0.05, 0) is 26.0 Å². The minimum absolute atomic E-state index is 0.0667. The molecule has 0 aliphatic rings. The number of nitrogen functional groups attached to an aromatic ring is 1. The lowest BCUT2D eigenvalue weighted by Gasteiger charge is -2.05. The van der Waals surface area contributed by atoms with Crippen molar-refractivity contribution in [1.82, 2.24) is 4.98 Å². The predicted molar refractivity (Wildman–Crippen MR) is 64.7 cm³/mol. The lowest BCUT2D eigenvalue weighted by Crippen LogP contribution is -2.13. The molecule has 0 unspecified atom stereocenters. The number of aryl methyl sites for hydroxylation is 1. The Bertz CT molecular complexity index is 584. The summed E-state index contributed by atoms with van der Waals surface area (Å²) in [7, 11) is 0. The summed E-state index contributed by atoms with van der Waals surface area (Å²) in [4.78, 5) is 15.7. The molecule has 2 rings (SSSR count). The normalized spacial score (nSPS) is 10.4. The molecule has 0 aliphatic heterocycles. The maximum atomic E-state index is 13.4. The summed E-state index contributed by atoms with van der Waals surface area (Å²) in [6.45, 7) is 3.27. The minimum atomic E-state index is -0.526. The number of nitrogens with two attached hydrogens (primary N) is 1. The fraction of sp³-hybridized carbons (Fsp3) is 0.167. The number of carbonyl (C=O) groups is 1. The van der Waals surface area contributed by atoms with Crippen LogP contribution in [0.3, 0.4) is 0 Å². The smallest absolute Gasteiger partial charge is 0.301 e. The molecular weight excluding hydrogens is 237 g/mol. The summed E-state index contributed by atoms with van der Waals surface area (Å²) in [6, 6.07) is 2.59. The van der Waals surface area contributed by atoms with E-state index >= 15 is 0 Å². The van der Waals surface area contributed by atoms with Gasteiger partial charge in [0.05, 0.1) is 5.69 Å². The first kappa shape index (κ1) is 12.1. The zero-order valence-corrected chi connectivity index (χ0v) is 9.95. The molecule has 0 atom stereocenters. The highest BCUT2D eigenvalue weighted by Gasteiger charge is 2.13. The van der Waals surface area contributed by atoms with Crippen LogP contribution in [0.4, 0.5) is 16.1 Å². The van der Waals surface area contributed by atoms with Crippen LogP contribution in [0.2, 0.25) is 0 Å². The maximum Gasteiger partial charge on any atom is 0.301 e. The molecule has 18 heavy (non-hydrogen) atoms. The number of nitrogens with one attached hydrogen (secondary N) is 1.